The van der Waals surface area contributed by atoms with Crippen molar-refractivity contribution in [2.75, 3.05) is 6.61 Å². The molecule has 0 atom stereocenters. The SMILES string of the molecule is CC1CCC(NC(=O)COc2ccc(Oc3ccccn3)cc2)CC1. The van der Waals surface area contributed by atoms with Crippen LogP contribution in [-0.2, 0) is 4.79 Å². The predicted octanol–water partition coefficient (Wildman–Crippen LogP) is 3.95. The highest BCUT2D eigenvalue weighted by Crippen LogP contribution is 2.24. The number of amides is 1. The standard InChI is InChI=1S/C20H24N2O3/c1-15-5-7-16(8-6-15)22-19(23)14-24-17-9-11-18(12-10-17)25-20-4-2-3-13-21-20/h2-4,9-13,15-16H,5-8,14H2,1H3,(H,22,23). The van der Waals surface area contributed by atoms with E-state index in [-0.39, 0.29) is 12.5 Å². The molecule has 25 heavy (non-hydrogen) atoms. The average Bonchev–Trinajstić information content (AvgIpc) is 2.64. The van der Waals surface area contributed by atoms with Crippen molar-refractivity contribution >= 4 is 5.91 Å². The first-order valence-corrected chi connectivity index (χ1v) is 8.80. The van der Waals surface area contributed by atoms with Crippen molar-refractivity contribution in [2.45, 2.75) is 38.6 Å². The first-order chi connectivity index (χ1) is 12.2. The Morgan fingerprint density at radius 3 is 2.48 bits per heavy atom. The molecule has 1 fully saturated rings. The van der Waals surface area contributed by atoms with Gasteiger partial charge in [-0.25, -0.2) is 4.98 Å². The summed E-state index contributed by atoms with van der Waals surface area (Å²) < 4.78 is 11.2. The van der Waals surface area contributed by atoms with Crippen molar-refractivity contribution in [3.05, 3.63) is 48.7 Å². The van der Waals surface area contributed by atoms with Crippen molar-refractivity contribution in [1.82, 2.24) is 10.3 Å². The van der Waals surface area contributed by atoms with E-state index in [1.807, 2.05) is 12.1 Å². The summed E-state index contributed by atoms with van der Waals surface area (Å²) in [4.78, 5) is 16.1. The quantitative estimate of drug-likeness (QED) is 0.865. The highest BCUT2D eigenvalue weighted by molar-refractivity contribution is 5.77. The molecule has 0 aliphatic heterocycles. The first kappa shape index (κ1) is 17.3. The maximum absolute atomic E-state index is 12.0. The molecule has 3 rings (SSSR count). The van der Waals surface area contributed by atoms with Gasteiger partial charge in [0.15, 0.2) is 6.61 Å². The van der Waals surface area contributed by atoms with Crippen LogP contribution in [0.3, 0.4) is 0 Å². The molecular formula is C20H24N2O3. The zero-order chi connectivity index (χ0) is 17.5. The fraction of sp³-hybridized carbons (Fsp3) is 0.400. The van der Waals surface area contributed by atoms with Gasteiger partial charge in [0, 0.05) is 18.3 Å². The van der Waals surface area contributed by atoms with Crippen molar-refractivity contribution in [3.8, 4) is 17.4 Å². The normalized spacial score (nSPS) is 19.9. The van der Waals surface area contributed by atoms with Gasteiger partial charge in [-0.05, 0) is 61.9 Å². The minimum absolute atomic E-state index is 0.0342. The van der Waals surface area contributed by atoms with Gasteiger partial charge < -0.3 is 14.8 Å². The van der Waals surface area contributed by atoms with E-state index in [2.05, 4.69) is 17.2 Å². The summed E-state index contributed by atoms with van der Waals surface area (Å²) in [5, 5.41) is 3.06. The highest BCUT2D eigenvalue weighted by Gasteiger charge is 2.19. The van der Waals surface area contributed by atoms with Gasteiger partial charge >= 0.3 is 0 Å². The molecular weight excluding hydrogens is 316 g/mol. The largest absolute Gasteiger partial charge is 0.484 e. The lowest BCUT2D eigenvalue weighted by Crippen LogP contribution is -2.39. The van der Waals surface area contributed by atoms with E-state index in [9.17, 15) is 4.79 Å². The molecule has 1 aliphatic carbocycles. The first-order valence-electron chi connectivity index (χ1n) is 8.80. The Morgan fingerprint density at radius 2 is 1.80 bits per heavy atom. The number of nitrogens with zero attached hydrogens (tertiary/aromatic N) is 1. The van der Waals surface area contributed by atoms with Crippen LogP contribution in [0.25, 0.3) is 0 Å². The number of rotatable bonds is 6. The van der Waals surface area contributed by atoms with Crippen LogP contribution in [0.4, 0.5) is 0 Å². The minimum atomic E-state index is -0.0617. The molecule has 1 aromatic heterocycles. The molecule has 0 unspecified atom stereocenters. The lowest BCUT2D eigenvalue weighted by atomic mass is 9.87. The smallest absolute Gasteiger partial charge is 0.258 e. The van der Waals surface area contributed by atoms with Crippen LogP contribution in [0.5, 0.6) is 17.4 Å². The Balaban J connectivity index is 1.43. The lowest BCUT2D eigenvalue weighted by molar-refractivity contribution is -0.124. The third-order valence-corrected chi connectivity index (χ3v) is 4.43. The summed E-state index contributed by atoms with van der Waals surface area (Å²) in [6.45, 7) is 2.30. The molecule has 1 aromatic carbocycles. The molecule has 5 heteroatoms. The third-order valence-electron chi connectivity index (χ3n) is 4.43. The summed E-state index contributed by atoms with van der Waals surface area (Å²) in [7, 11) is 0. The fourth-order valence-electron chi connectivity index (χ4n) is 2.95. The molecule has 1 N–H and O–H groups in total. The van der Waals surface area contributed by atoms with Crippen LogP contribution in [-0.4, -0.2) is 23.5 Å². The van der Waals surface area contributed by atoms with Crippen molar-refractivity contribution < 1.29 is 14.3 Å². The molecule has 0 saturated heterocycles. The van der Waals surface area contributed by atoms with Gasteiger partial charge in [0.2, 0.25) is 5.88 Å². The van der Waals surface area contributed by atoms with E-state index in [0.29, 0.717) is 23.4 Å². The van der Waals surface area contributed by atoms with Gasteiger partial charge in [0.25, 0.3) is 5.91 Å². The maximum atomic E-state index is 12.0. The van der Waals surface area contributed by atoms with E-state index < -0.39 is 0 Å². The van der Waals surface area contributed by atoms with Gasteiger partial charge in [-0.15, -0.1) is 0 Å². The average molecular weight is 340 g/mol. The van der Waals surface area contributed by atoms with E-state index in [0.717, 1.165) is 18.8 Å². The number of carbonyl (C=O) groups excluding carboxylic acids is 1. The number of benzene rings is 1. The third kappa shape index (κ3) is 5.48. The van der Waals surface area contributed by atoms with Crippen LogP contribution in [0.1, 0.15) is 32.6 Å². The molecule has 1 aliphatic rings. The summed E-state index contributed by atoms with van der Waals surface area (Å²) >= 11 is 0. The Hall–Kier alpha value is -2.56. The number of aromatic nitrogens is 1. The minimum Gasteiger partial charge on any atom is -0.484 e. The van der Waals surface area contributed by atoms with Crippen LogP contribution < -0.4 is 14.8 Å². The second-order valence-electron chi connectivity index (χ2n) is 6.55. The number of hydrogen-bond donors (Lipinski definition) is 1. The Kier molecular flexibility index (Phi) is 5.88. The van der Waals surface area contributed by atoms with Crippen molar-refractivity contribution in [3.63, 3.8) is 0 Å². The Bertz CT molecular complexity index is 665. The van der Waals surface area contributed by atoms with E-state index in [1.165, 1.54) is 12.8 Å². The number of pyridine rings is 1. The molecule has 1 heterocycles. The second kappa shape index (κ2) is 8.51. The molecule has 0 spiro atoms. The Morgan fingerprint density at radius 1 is 1.08 bits per heavy atom. The Labute approximate surface area is 148 Å². The van der Waals surface area contributed by atoms with E-state index in [1.54, 1.807) is 36.5 Å². The molecule has 132 valence electrons. The monoisotopic (exact) mass is 340 g/mol. The highest BCUT2D eigenvalue weighted by atomic mass is 16.5. The molecule has 0 bridgehead atoms. The second-order valence-corrected chi connectivity index (χ2v) is 6.55. The van der Waals surface area contributed by atoms with Crippen molar-refractivity contribution in [1.29, 1.82) is 0 Å². The number of nitrogens with one attached hydrogen (secondary N) is 1. The number of carbonyl (C=O) groups is 1. The summed E-state index contributed by atoms with van der Waals surface area (Å²) in [6.07, 6.45) is 6.17. The zero-order valence-corrected chi connectivity index (χ0v) is 14.5. The molecule has 1 amide bonds. The summed E-state index contributed by atoms with van der Waals surface area (Å²) in [5.41, 5.74) is 0. The zero-order valence-electron chi connectivity index (χ0n) is 14.5. The molecule has 0 radical (unpaired) electrons. The number of ether oxygens (including phenoxy) is 2. The predicted molar refractivity (Wildman–Crippen MR) is 95.8 cm³/mol. The molecule has 1 saturated carbocycles. The van der Waals surface area contributed by atoms with Crippen LogP contribution in [0, 0.1) is 5.92 Å². The van der Waals surface area contributed by atoms with Gasteiger partial charge in [-0.1, -0.05) is 13.0 Å². The van der Waals surface area contributed by atoms with E-state index >= 15 is 0 Å². The van der Waals surface area contributed by atoms with Crippen LogP contribution in [0.15, 0.2) is 48.7 Å². The van der Waals surface area contributed by atoms with Gasteiger partial charge in [0.05, 0.1) is 0 Å². The van der Waals surface area contributed by atoms with Crippen LogP contribution in [0.2, 0.25) is 0 Å². The lowest BCUT2D eigenvalue weighted by Gasteiger charge is -2.26. The maximum Gasteiger partial charge on any atom is 0.258 e. The summed E-state index contributed by atoms with van der Waals surface area (Å²) in [6, 6.07) is 13.0. The van der Waals surface area contributed by atoms with Gasteiger partial charge in [-0.2, -0.15) is 0 Å². The topological polar surface area (TPSA) is 60.5 Å². The molecule has 5 nitrogen and oxygen atoms in total. The van der Waals surface area contributed by atoms with Gasteiger partial charge in [-0.3, -0.25) is 4.79 Å². The molecule has 2 aromatic rings. The van der Waals surface area contributed by atoms with Crippen molar-refractivity contribution in [2.24, 2.45) is 5.92 Å². The number of hydrogen-bond acceptors (Lipinski definition) is 4. The van der Waals surface area contributed by atoms with Gasteiger partial charge in [0.1, 0.15) is 11.5 Å². The fourth-order valence-corrected chi connectivity index (χ4v) is 2.95. The summed E-state index contributed by atoms with van der Waals surface area (Å²) in [5.74, 6) is 2.56. The van der Waals surface area contributed by atoms with Crippen LogP contribution >= 0.6 is 0 Å². The van der Waals surface area contributed by atoms with E-state index in [4.69, 9.17) is 9.47 Å².